The summed E-state index contributed by atoms with van der Waals surface area (Å²) in [6.45, 7) is 1.75. The van der Waals surface area contributed by atoms with Crippen LogP contribution in [0, 0.1) is 6.92 Å². The van der Waals surface area contributed by atoms with Gasteiger partial charge in [-0.2, -0.15) is 0 Å². The number of Topliss-reactive ketones (excluding diaryl/α,β-unsaturated/α-hetero) is 1. The first-order valence-corrected chi connectivity index (χ1v) is 6.50. The number of aliphatic hydroxyl groups is 1. The van der Waals surface area contributed by atoms with Crippen molar-refractivity contribution in [3.63, 3.8) is 0 Å². The highest BCUT2D eigenvalue weighted by Crippen LogP contribution is 2.48. The van der Waals surface area contributed by atoms with E-state index in [4.69, 9.17) is 9.47 Å². The molecule has 0 fully saturated rings. The van der Waals surface area contributed by atoms with Crippen LogP contribution >= 0.6 is 0 Å². The van der Waals surface area contributed by atoms with Crippen molar-refractivity contribution in [3.05, 3.63) is 34.6 Å². The van der Waals surface area contributed by atoms with Crippen LogP contribution in [0.5, 0.6) is 17.2 Å². The predicted molar refractivity (Wildman–Crippen MR) is 79.5 cm³/mol. The van der Waals surface area contributed by atoms with Crippen molar-refractivity contribution in [2.45, 2.75) is 6.92 Å². The number of aliphatic hydroxyl groups excluding tert-OH is 1. The molecule has 0 atom stereocenters. The topological polar surface area (TPSA) is 96.2 Å². The van der Waals surface area contributed by atoms with Gasteiger partial charge in [-0.15, -0.1) is 0 Å². The maximum Gasteiger partial charge on any atom is 0.235 e. The first kappa shape index (κ1) is 14.1. The second-order valence-electron chi connectivity index (χ2n) is 5.02. The number of carbonyl (C=O) groups excluding carboxylic acids is 1. The number of phenolic OH excluding ortho intramolecular Hbond substituents is 2. The summed E-state index contributed by atoms with van der Waals surface area (Å²) in [5.41, 5.74) is 0.742. The summed E-state index contributed by atoms with van der Waals surface area (Å²) in [7, 11) is 2.73. The van der Waals surface area contributed by atoms with Crippen LogP contribution in [0.1, 0.15) is 21.5 Å². The van der Waals surface area contributed by atoms with E-state index in [1.807, 2.05) is 0 Å². The molecule has 0 unspecified atom stereocenters. The Morgan fingerprint density at radius 3 is 2.14 bits per heavy atom. The summed E-state index contributed by atoms with van der Waals surface area (Å²) in [6.07, 6.45) is 0. The average molecular weight is 302 g/mol. The number of methoxy groups -OCH3 is 2. The van der Waals surface area contributed by atoms with E-state index in [2.05, 4.69) is 0 Å². The van der Waals surface area contributed by atoms with Crippen LogP contribution in [0.25, 0.3) is 16.5 Å². The predicted octanol–water partition coefficient (Wildman–Crippen LogP) is 2.64. The Bertz CT molecular complexity index is 863. The molecule has 1 aliphatic carbocycles. The molecule has 0 heterocycles. The number of allylic oxidation sites excluding steroid dienone is 1. The third-order valence-electron chi connectivity index (χ3n) is 3.83. The smallest absolute Gasteiger partial charge is 0.235 e. The van der Waals surface area contributed by atoms with Crippen molar-refractivity contribution >= 4 is 22.3 Å². The van der Waals surface area contributed by atoms with E-state index in [1.54, 1.807) is 6.92 Å². The van der Waals surface area contributed by atoms with Gasteiger partial charge < -0.3 is 24.8 Å². The lowest BCUT2D eigenvalue weighted by Gasteiger charge is -2.23. The Morgan fingerprint density at radius 2 is 1.55 bits per heavy atom. The van der Waals surface area contributed by atoms with Gasteiger partial charge in [0.25, 0.3) is 0 Å². The molecule has 22 heavy (non-hydrogen) atoms. The van der Waals surface area contributed by atoms with E-state index in [0.29, 0.717) is 22.1 Å². The molecule has 2 aromatic carbocycles. The Hall–Kier alpha value is -2.89. The van der Waals surface area contributed by atoms with E-state index in [-0.39, 0.29) is 28.4 Å². The van der Waals surface area contributed by atoms with Crippen LogP contribution in [-0.4, -0.2) is 35.3 Å². The molecular weight excluding hydrogens is 288 g/mol. The Labute approximate surface area is 125 Å². The minimum atomic E-state index is -0.764. The molecule has 0 radical (unpaired) electrons. The molecule has 6 heteroatoms. The van der Waals surface area contributed by atoms with Gasteiger partial charge in [-0.3, -0.25) is 4.79 Å². The first-order chi connectivity index (χ1) is 10.4. The number of hydrogen-bond acceptors (Lipinski definition) is 6. The number of carbonyl (C=O) groups is 1. The Balaban J connectivity index is 2.65. The molecule has 114 valence electrons. The molecule has 0 aliphatic heterocycles. The lowest BCUT2D eigenvalue weighted by molar-refractivity contribution is 0.0970. The normalized spacial score (nSPS) is 13.7. The SMILES string of the molecule is COC1=C(O)C(=O)c2c(O)cc(C)c3c(OC)cc(O)c1c23. The van der Waals surface area contributed by atoms with Crippen molar-refractivity contribution in [3.8, 4) is 17.2 Å². The number of benzene rings is 2. The summed E-state index contributed by atoms with van der Waals surface area (Å²) in [4.78, 5) is 12.3. The molecular formula is C16H14O6. The van der Waals surface area contributed by atoms with Gasteiger partial charge in [0.05, 0.1) is 25.3 Å². The third-order valence-corrected chi connectivity index (χ3v) is 3.83. The number of phenols is 2. The van der Waals surface area contributed by atoms with Gasteiger partial charge in [0.15, 0.2) is 5.76 Å². The second kappa shape index (κ2) is 4.56. The highest BCUT2D eigenvalue weighted by Gasteiger charge is 2.34. The van der Waals surface area contributed by atoms with E-state index in [9.17, 15) is 20.1 Å². The highest BCUT2D eigenvalue weighted by molar-refractivity contribution is 6.26. The molecule has 1 aliphatic rings. The van der Waals surface area contributed by atoms with Crippen LogP contribution in [0.4, 0.5) is 0 Å². The maximum absolute atomic E-state index is 12.3. The molecule has 6 nitrogen and oxygen atoms in total. The van der Waals surface area contributed by atoms with E-state index >= 15 is 0 Å². The summed E-state index contributed by atoms with van der Waals surface area (Å²) in [5.74, 6) is -1.68. The highest BCUT2D eigenvalue weighted by atomic mass is 16.5. The quantitative estimate of drug-likeness (QED) is 0.789. The Kier molecular flexibility index (Phi) is 2.91. The zero-order chi connectivity index (χ0) is 16.2. The van der Waals surface area contributed by atoms with Gasteiger partial charge in [0, 0.05) is 16.8 Å². The fourth-order valence-electron chi connectivity index (χ4n) is 2.92. The molecule has 3 rings (SSSR count). The van der Waals surface area contributed by atoms with Crippen molar-refractivity contribution in [2.24, 2.45) is 0 Å². The average Bonchev–Trinajstić information content (AvgIpc) is 2.47. The number of aromatic hydroxyl groups is 2. The van der Waals surface area contributed by atoms with Gasteiger partial charge >= 0.3 is 0 Å². The first-order valence-electron chi connectivity index (χ1n) is 6.50. The second-order valence-corrected chi connectivity index (χ2v) is 5.02. The van der Waals surface area contributed by atoms with E-state index < -0.39 is 11.5 Å². The molecule has 2 aromatic rings. The van der Waals surface area contributed by atoms with Gasteiger partial charge in [-0.1, -0.05) is 0 Å². The van der Waals surface area contributed by atoms with Crippen LogP contribution in [0.15, 0.2) is 17.9 Å². The molecule has 0 amide bonds. The molecule has 0 saturated heterocycles. The van der Waals surface area contributed by atoms with Crippen molar-refractivity contribution in [2.75, 3.05) is 14.2 Å². The number of ether oxygens (including phenoxy) is 2. The van der Waals surface area contributed by atoms with Gasteiger partial charge in [-0.05, 0) is 18.6 Å². The standard InChI is InChI=1S/C16H14O6/c1-6-4-7(17)11-13-10(6)9(21-2)5-8(18)12(13)16(22-3)15(20)14(11)19/h4-5,17-18,20H,1-3H3. The summed E-state index contributed by atoms with van der Waals surface area (Å²) in [6, 6.07) is 2.80. The van der Waals surface area contributed by atoms with Crippen molar-refractivity contribution in [1.29, 1.82) is 0 Å². The van der Waals surface area contributed by atoms with Crippen LogP contribution in [0.2, 0.25) is 0 Å². The number of aryl methyl sites for hydroxylation is 1. The van der Waals surface area contributed by atoms with Gasteiger partial charge in [0.1, 0.15) is 17.2 Å². The fraction of sp³-hybridized carbons (Fsp3) is 0.188. The summed E-state index contributed by atoms with van der Waals surface area (Å²) < 4.78 is 10.3. The fourth-order valence-corrected chi connectivity index (χ4v) is 2.92. The Morgan fingerprint density at radius 1 is 0.909 bits per heavy atom. The minimum Gasteiger partial charge on any atom is -0.507 e. The monoisotopic (exact) mass is 302 g/mol. The largest absolute Gasteiger partial charge is 0.507 e. The molecule has 0 aromatic heterocycles. The van der Waals surface area contributed by atoms with Crippen LogP contribution in [0.3, 0.4) is 0 Å². The zero-order valence-corrected chi connectivity index (χ0v) is 12.2. The van der Waals surface area contributed by atoms with Crippen molar-refractivity contribution in [1.82, 2.24) is 0 Å². The molecule has 3 N–H and O–H groups in total. The zero-order valence-electron chi connectivity index (χ0n) is 12.2. The van der Waals surface area contributed by atoms with Gasteiger partial charge in [0.2, 0.25) is 11.5 Å². The summed E-state index contributed by atoms with van der Waals surface area (Å²) in [5, 5.41) is 31.3. The molecule has 0 bridgehead atoms. The minimum absolute atomic E-state index is 0.0805. The number of hydrogen-bond donors (Lipinski definition) is 3. The van der Waals surface area contributed by atoms with E-state index in [0.717, 1.165) is 0 Å². The van der Waals surface area contributed by atoms with Crippen molar-refractivity contribution < 1.29 is 29.6 Å². The number of ketones is 1. The van der Waals surface area contributed by atoms with Crippen LogP contribution < -0.4 is 4.74 Å². The maximum atomic E-state index is 12.3. The van der Waals surface area contributed by atoms with Gasteiger partial charge in [-0.25, -0.2) is 0 Å². The number of rotatable bonds is 2. The lowest BCUT2D eigenvalue weighted by atomic mass is 9.86. The van der Waals surface area contributed by atoms with E-state index in [1.165, 1.54) is 26.4 Å². The van der Waals surface area contributed by atoms with Crippen LogP contribution in [-0.2, 0) is 4.74 Å². The summed E-state index contributed by atoms with van der Waals surface area (Å²) >= 11 is 0. The third kappa shape index (κ3) is 1.57. The molecule has 0 saturated carbocycles. The lowest BCUT2D eigenvalue weighted by Crippen LogP contribution is -2.14. The molecule has 0 spiro atoms.